The monoisotopic (exact) mass is 953 g/mol. The van der Waals surface area contributed by atoms with Crippen LogP contribution in [0.4, 0.5) is 14.4 Å². The topological polar surface area (TPSA) is 178 Å². The van der Waals surface area contributed by atoms with E-state index in [9.17, 15) is 24.0 Å². The van der Waals surface area contributed by atoms with E-state index >= 15 is 0 Å². The summed E-state index contributed by atoms with van der Waals surface area (Å²) >= 11 is 0. The number of rotatable bonds is 16. The van der Waals surface area contributed by atoms with Crippen LogP contribution in [-0.4, -0.2) is 130 Å². The van der Waals surface area contributed by atoms with Gasteiger partial charge in [0.05, 0.1) is 61.2 Å². The molecule has 4 aromatic carbocycles. The smallest absolute Gasteiger partial charge is 0.413 e. The van der Waals surface area contributed by atoms with E-state index in [1.807, 2.05) is 75.4 Å². The quantitative estimate of drug-likeness (QED) is 0.0594. The Hall–Kier alpha value is -7.17. The van der Waals surface area contributed by atoms with E-state index in [0.717, 1.165) is 27.8 Å². The molecule has 2 aliphatic heterocycles. The summed E-state index contributed by atoms with van der Waals surface area (Å²) in [6.45, 7) is 11.9. The summed E-state index contributed by atoms with van der Waals surface area (Å²) in [5.74, 6) is 2.31. The van der Waals surface area contributed by atoms with E-state index in [1.165, 1.54) is 16.9 Å². The lowest BCUT2D eigenvalue weighted by atomic mass is 9.87. The molecule has 2 fully saturated rings. The van der Waals surface area contributed by atoms with Crippen molar-refractivity contribution in [2.75, 3.05) is 61.2 Å². The van der Waals surface area contributed by atoms with E-state index in [2.05, 4.69) is 12.1 Å². The average molecular weight is 954 g/mol. The number of carbonyl (C=O) groups excluding carboxylic acids is 5. The molecule has 3 aliphatic rings. The lowest BCUT2D eigenvalue weighted by Gasteiger charge is -2.52. The van der Waals surface area contributed by atoms with Crippen molar-refractivity contribution < 1.29 is 66.6 Å². The highest BCUT2D eigenvalue weighted by Crippen LogP contribution is 2.45. The Kier molecular flexibility index (Phi) is 15.9. The third-order valence-electron chi connectivity index (χ3n) is 11.9. The lowest BCUT2D eigenvalue weighted by Crippen LogP contribution is -2.73. The number of methoxy groups -OCH3 is 4. The van der Waals surface area contributed by atoms with Crippen molar-refractivity contribution in [2.45, 2.75) is 89.4 Å². The molecule has 0 saturated carbocycles. The predicted molar refractivity (Wildman–Crippen MR) is 253 cm³/mol. The van der Waals surface area contributed by atoms with Gasteiger partial charge in [-0.3, -0.25) is 19.4 Å². The molecule has 0 unspecified atom stereocenters. The van der Waals surface area contributed by atoms with Crippen molar-refractivity contribution in [1.82, 2.24) is 14.7 Å². The van der Waals surface area contributed by atoms with Crippen molar-refractivity contribution >= 4 is 31.2 Å². The Morgan fingerprint density at radius 3 is 1.59 bits per heavy atom. The maximum absolute atomic E-state index is 14.0. The number of aryl methyl sites for hydroxylation is 1. The fourth-order valence-corrected chi connectivity index (χ4v) is 8.52. The van der Waals surface area contributed by atoms with Crippen LogP contribution in [0.1, 0.15) is 76.1 Å². The number of likely N-dealkylation sites (tertiary alicyclic amines) is 2. The van der Waals surface area contributed by atoms with Crippen molar-refractivity contribution in [3.8, 4) is 34.1 Å². The zero-order chi connectivity index (χ0) is 50.1. The Morgan fingerprint density at radius 1 is 0.638 bits per heavy atom. The van der Waals surface area contributed by atoms with E-state index in [4.69, 9.17) is 42.6 Å². The number of benzene rings is 4. The number of fused-ring (bicyclic) bond motifs is 3. The van der Waals surface area contributed by atoms with Gasteiger partial charge >= 0.3 is 18.3 Å². The number of ether oxygens (including phenoxy) is 9. The molecule has 0 radical (unpaired) electrons. The minimum Gasteiger partial charge on any atom is -0.497 e. The van der Waals surface area contributed by atoms with E-state index in [0.29, 0.717) is 61.0 Å². The average Bonchev–Trinajstić information content (AvgIpc) is 3.61. The Bertz CT molecular complexity index is 2420. The molecule has 1 aliphatic carbocycles. The van der Waals surface area contributed by atoms with E-state index in [1.54, 1.807) is 65.2 Å². The highest BCUT2D eigenvalue weighted by Gasteiger charge is 2.56. The number of hydrogen-bond acceptors (Lipinski definition) is 14. The largest absolute Gasteiger partial charge is 0.497 e. The molecule has 2 saturated heterocycles. The second-order valence-corrected chi connectivity index (χ2v) is 19.0. The molecule has 0 aromatic heterocycles. The summed E-state index contributed by atoms with van der Waals surface area (Å²) in [5.41, 5.74) is 2.51. The van der Waals surface area contributed by atoms with E-state index in [-0.39, 0.29) is 38.6 Å². The Balaban J connectivity index is 0.000000257. The Morgan fingerprint density at radius 2 is 1.12 bits per heavy atom. The van der Waals surface area contributed by atoms with Gasteiger partial charge in [-0.15, -0.1) is 0 Å². The molecule has 69 heavy (non-hydrogen) atoms. The molecule has 17 nitrogen and oxygen atoms in total. The van der Waals surface area contributed by atoms with Crippen LogP contribution in [0.2, 0.25) is 0 Å². The van der Waals surface area contributed by atoms with Crippen molar-refractivity contribution in [3.63, 3.8) is 0 Å². The molecule has 2 heterocycles. The normalized spacial score (nSPS) is 15.2. The van der Waals surface area contributed by atoms with Gasteiger partial charge in [0, 0.05) is 23.6 Å². The minimum absolute atomic E-state index is 0.0279. The summed E-state index contributed by atoms with van der Waals surface area (Å²) < 4.78 is 49.2. The maximum atomic E-state index is 14.0. The van der Waals surface area contributed by atoms with Crippen LogP contribution in [0.25, 0.3) is 11.1 Å². The molecule has 0 atom stereocenters. The van der Waals surface area contributed by atoms with Crippen molar-refractivity contribution in [3.05, 3.63) is 107 Å². The molecule has 7 rings (SSSR count). The second-order valence-electron chi connectivity index (χ2n) is 19.0. The molecule has 4 aromatic rings. The highest BCUT2D eigenvalue weighted by atomic mass is 16.6. The number of amides is 3. The first-order valence-electron chi connectivity index (χ1n) is 22.5. The van der Waals surface area contributed by atoms with Gasteiger partial charge in [-0.05, 0) is 100 Å². The molecule has 0 N–H and O–H groups in total. The summed E-state index contributed by atoms with van der Waals surface area (Å²) in [6.07, 6.45) is -0.459. The maximum Gasteiger partial charge on any atom is 0.413 e. The zero-order valence-corrected chi connectivity index (χ0v) is 41.0. The Labute approximate surface area is 403 Å². The molecule has 0 bridgehead atoms. The summed E-state index contributed by atoms with van der Waals surface area (Å²) in [5, 5.41) is 0. The molecular formula is C52H63N3O14. The van der Waals surface area contributed by atoms with Crippen LogP contribution in [0.5, 0.6) is 23.0 Å². The minimum atomic E-state index is -1.48. The van der Waals surface area contributed by atoms with Crippen LogP contribution in [-0.2, 0) is 46.2 Å². The fourth-order valence-electron chi connectivity index (χ4n) is 8.52. The molecular weight excluding hydrogens is 891 g/mol. The zero-order valence-electron chi connectivity index (χ0n) is 41.0. The molecule has 0 spiro atoms. The summed E-state index contributed by atoms with van der Waals surface area (Å²) in [7, 11) is 6.26. The molecule has 3 amide bonds. The first-order valence-corrected chi connectivity index (χ1v) is 22.5. The predicted octanol–water partition coefficient (Wildman–Crippen LogP) is 8.37. The van der Waals surface area contributed by atoms with Gasteiger partial charge in [0.1, 0.15) is 46.4 Å². The van der Waals surface area contributed by atoms with Crippen molar-refractivity contribution in [2.24, 2.45) is 0 Å². The summed E-state index contributed by atoms with van der Waals surface area (Å²) in [4.78, 5) is 65.8. The standard InChI is InChI=1S/C33H36N2O8.C19H27NO6/c1-32(2,3)43-30(37)34-19-33(20-34,42-21-36)35(17-22-14-15-23(39-4)16-29(22)40-5)31(38)41-18-28-26-12-8-6-10-24(26)25-11-7-9-13-27(25)28;1-18(2,3)26-17(22)20-11-19(12-20,25-13-21)9-8-14-6-7-15(23-4)10-16(14)24-5/h6-16,21,28H,17-20H2,1-5H3;6-7,10,13H,8-9,11-12H2,1-5H3. The van der Waals surface area contributed by atoms with Gasteiger partial charge in [-0.2, -0.15) is 0 Å². The first-order chi connectivity index (χ1) is 32.8. The third-order valence-corrected chi connectivity index (χ3v) is 11.9. The first kappa shape index (κ1) is 51.2. The van der Waals surface area contributed by atoms with Crippen molar-refractivity contribution in [1.29, 1.82) is 0 Å². The van der Waals surface area contributed by atoms with E-state index < -0.39 is 40.8 Å². The molecule has 17 heteroatoms. The van der Waals surface area contributed by atoms with Crippen LogP contribution in [0.3, 0.4) is 0 Å². The second kappa shape index (κ2) is 21.4. The van der Waals surface area contributed by atoms with Gasteiger partial charge in [0.15, 0.2) is 0 Å². The lowest BCUT2D eigenvalue weighted by molar-refractivity contribution is -0.206. The van der Waals surface area contributed by atoms with Gasteiger partial charge in [-0.25, -0.2) is 14.4 Å². The third kappa shape index (κ3) is 12.1. The molecule has 370 valence electrons. The van der Waals surface area contributed by atoms with Crippen LogP contribution in [0.15, 0.2) is 84.9 Å². The highest BCUT2D eigenvalue weighted by molar-refractivity contribution is 5.79. The number of carbonyl (C=O) groups is 5. The van der Waals surface area contributed by atoms with Gasteiger partial charge in [0.25, 0.3) is 12.9 Å². The fraction of sp³-hybridized carbons (Fsp3) is 0.442. The van der Waals surface area contributed by atoms with Gasteiger partial charge in [-0.1, -0.05) is 54.6 Å². The SMILES string of the molecule is COc1ccc(CCC2(OC=O)CN(C(=O)OC(C)(C)C)C2)c(OC)c1.COc1ccc(CN(C(=O)OCC2c3ccccc3-c3ccccc32)C2(OC=O)CN(C(=O)OC(C)(C)C)C2)c(OC)c1. The van der Waals surface area contributed by atoms with Gasteiger partial charge in [0.2, 0.25) is 5.72 Å². The number of nitrogens with zero attached hydrogens (tertiary/aromatic N) is 3. The van der Waals surface area contributed by atoms with Crippen LogP contribution >= 0.6 is 0 Å². The van der Waals surface area contributed by atoms with Crippen LogP contribution in [0, 0.1) is 0 Å². The van der Waals surface area contributed by atoms with Crippen LogP contribution < -0.4 is 18.9 Å². The summed E-state index contributed by atoms with van der Waals surface area (Å²) in [6, 6.07) is 26.9. The van der Waals surface area contributed by atoms with Gasteiger partial charge < -0.3 is 47.5 Å². The number of hydrogen-bond donors (Lipinski definition) is 0.